The van der Waals surface area contributed by atoms with Gasteiger partial charge in [0, 0.05) is 5.92 Å². The van der Waals surface area contributed by atoms with Crippen molar-refractivity contribution in [2.24, 2.45) is 5.41 Å². The van der Waals surface area contributed by atoms with Crippen LogP contribution in [-0.4, -0.2) is 22.2 Å². The van der Waals surface area contributed by atoms with Gasteiger partial charge < -0.3 is 10.2 Å². The van der Waals surface area contributed by atoms with Crippen molar-refractivity contribution in [2.45, 2.75) is 5.92 Å². The van der Waals surface area contributed by atoms with E-state index >= 15 is 0 Å². The summed E-state index contributed by atoms with van der Waals surface area (Å²) in [5.74, 6) is -3.56. The molecule has 1 aliphatic carbocycles. The van der Waals surface area contributed by atoms with E-state index in [1.165, 1.54) is 6.08 Å². The van der Waals surface area contributed by atoms with E-state index in [2.05, 4.69) is 0 Å². The fourth-order valence-electron chi connectivity index (χ4n) is 3.88. The smallest absolute Gasteiger partial charge is 0.326 e. The van der Waals surface area contributed by atoms with E-state index < -0.39 is 23.3 Å². The Bertz CT molecular complexity index is 1050. The van der Waals surface area contributed by atoms with Crippen LogP contribution in [0.5, 0.6) is 0 Å². The summed E-state index contributed by atoms with van der Waals surface area (Å²) in [7, 11) is 0. The van der Waals surface area contributed by atoms with E-state index in [9.17, 15) is 19.8 Å². The highest BCUT2D eigenvalue weighted by molar-refractivity contribution is 6.05. The molecule has 0 aliphatic heterocycles. The molecule has 1 unspecified atom stereocenters. The molecule has 4 nitrogen and oxygen atoms in total. The predicted octanol–water partition coefficient (Wildman–Crippen LogP) is 4.15. The van der Waals surface area contributed by atoms with Crippen molar-refractivity contribution in [3.05, 3.63) is 89.5 Å². The fraction of sp³-hybridized carbons (Fsp3) is 0.0909. The van der Waals surface area contributed by atoms with Gasteiger partial charge in [0.05, 0.1) is 0 Å². The molecule has 0 bridgehead atoms. The molecule has 3 aromatic carbocycles. The second kappa shape index (κ2) is 5.85. The highest BCUT2D eigenvalue weighted by Gasteiger charge is 2.54. The zero-order chi connectivity index (χ0) is 18.3. The standard InChI is InChI=1S/C22H16O4/c23-20(24)22(21(25)26)13-12-15-7-2-4-10-17(15)19(22)18-11-5-8-14-6-1-3-9-16(14)18/h1-13,19H,(H,23,24)(H,25,26). The molecule has 1 atom stereocenters. The SMILES string of the molecule is O=C(O)C1(C(=O)O)C=Cc2ccccc2C1c1cccc2ccccc12. The average molecular weight is 344 g/mol. The molecule has 0 aromatic heterocycles. The van der Waals surface area contributed by atoms with E-state index in [1.807, 2.05) is 66.7 Å². The minimum absolute atomic E-state index is 0.699. The predicted molar refractivity (Wildman–Crippen MR) is 99.0 cm³/mol. The first-order valence-corrected chi connectivity index (χ1v) is 8.28. The molecule has 4 heteroatoms. The number of benzene rings is 3. The first-order chi connectivity index (χ1) is 12.6. The third kappa shape index (κ3) is 2.15. The van der Waals surface area contributed by atoms with Crippen LogP contribution in [-0.2, 0) is 9.59 Å². The molecule has 26 heavy (non-hydrogen) atoms. The number of hydrogen-bond acceptors (Lipinski definition) is 2. The highest BCUT2D eigenvalue weighted by atomic mass is 16.4. The first-order valence-electron chi connectivity index (χ1n) is 8.28. The molecule has 0 fully saturated rings. The lowest BCUT2D eigenvalue weighted by atomic mass is 9.64. The average Bonchev–Trinajstić information content (AvgIpc) is 2.66. The number of fused-ring (bicyclic) bond motifs is 2. The molecule has 4 rings (SSSR count). The lowest BCUT2D eigenvalue weighted by molar-refractivity contribution is -0.161. The molecule has 0 heterocycles. The van der Waals surface area contributed by atoms with E-state index in [0.29, 0.717) is 11.1 Å². The quantitative estimate of drug-likeness (QED) is 0.700. The van der Waals surface area contributed by atoms with Crippen LogP contribution in [0.25, 0.3) is 16.8 Å². The van der Waals surface area contributed by atoms with Gasteiger partial charge in [-0.3, -0.25) is 9.59 Å². The van der Waals surface area contributed by atoms with Gasteiger partial charge in [-0.05, 0) is 27.5 Å². The summed E-state index contributed by atoms with van der Waals surface area (Å²) in [6, 6.07) is 20.6. The number of aliphatic carboxylic acids is 2. The Balaban J connectivity index is 2.11. The molecule has 2 N–H and O–H groups in total. The zero-order valence-corrected chi connectivity index (χ0v) is 13.8. The molecule has 3 aromatic rings. The maximum atomic E-state index is 12.2. The molecule has 0 radical (unpaired) electrons. The molecular formula is C22H16O4. The fourth-order valence-corrected chi connectivity index (χ4v) is 3.88. The van der Waals surface area contributed by atoms with Crippen LogP contribution in [0.15, 0.2) is 72.8 Å². The van der Waals surface area contributed by atoms with Gasteiger partial charge in [-0.15, -0.1) is 0 Å². The van der Waals surface area contributed by atoms with Crippen molar-refractivity contribution in [2.75, 3.05) is 0 Å². The van der Waals surface area contributed by atoms with E-state index in [0.717, 1.165) is 16.3 Å². The third-order valence-electron chi connectivity index (χ3n) is 5.13. The van der Waals surface area contributed by atoms with Gasteiger partial charge in [0.25, 0.3) is 0 Å². The molecule has 0 amide bonds. The Morgan fingerprint density at radius 1 is 0.769 bits per heavy atom. The first kappa shape index (κ1) is 16.1. The normalized spacial score (nSPS) is 17.6. The van der Waals surface area contributed by atoms with Gasteiger partial charge in [0.2, 0.25) is 0 Å². The molecule has 128 valence electrons. The van der Waals surface area contributed by atoms with Gasteiger partial charge in [0.1, 0.15) is 0 Å². The molecule has 0 saturated carbocycles. The lowest BCUT2D eigenvalue weighted by Gasteiger charge is -2.36. The van der Waals surface area contributed by atoms with Gasteiger partial charge in [-0.2, -0.15) is 0 Å². The van der Waals surface area contributed by atoms with Crippen LogP contribution in [0, 0.1) is 5.41 Å². The van der Waals surface area contributed by atoms with E-state index in [-0.39, 0.29) is 0 Å². The topological polar surface area (TPSA) is 74.6 Å². The highest BCUT2D eigenvalue weighted by Crippen LogP contribution is 2.49. The van der Waals surface area contributed by atoms with Crippen molar-refractivity contribution in [1.29, 1.82) is 0 Å². The summed E-state index contributed by atoms with van der Waals surface area (Å²) in [4.78, 5) is 24.4. The lowest BCUT2D eigenvalue weighted by Crippen LogP contribution is -2.45. The summed E-state index contributed by atoms with van der Waals surface area (Å²) in [5, 5.41) is 21.7. The van der Waals surface area contributed by atoms with Crippen molar-refractivity contribution < 1.29 is 19.8 Å². The summed E-state index contributed by atoms with van der Waals surface area (Å²) < 4.78 is 0. The Morgan fingerprint density at radius 3 is 2.15 bits per heavy atom. The zero-order valence-electron chi connectivity index (χ0n) is 13.8. The maximum absolute atomic E-state index is 12.2. The summed E-state index contributed by atoms with van der Waals surface area (Å²) >= 11 is 0. The maximum Gasteiger partial charge on any atom is 0.326 e. The Morgan fingerprint density at radius 2 is 1.38 bits per heavy atom. The Hall–Kier alpha value is -3.40. The van der Waals surface area contributed by atoms with Crippen molar-refractivity contribution >= 4 is 28.8 Å². The Labute approximate surface area is 150 Å². The number of carboxylic acid groups (broad SMARTS) is 2. The van der Waals surface area contributed by atoms with Crippen LogP contribution in [0.1, 0.15) is 22.6 Å². The van der Waals surface area contributed by atoms with Gasteiger partial charge >= 0.3 is 11.9 Å². The minimum Gasteiger partial charge on any atom is -0.480 e. The van der Waals surface area contributed by atoms with Crippen molar-refractivity contribution in [3.63, 3.8) is 0 Å². The number of rotatable bonds is 3. The number of carboxylic acids is 2. The van der Waals surface area contributed by atoms with Gasteiger partial charge in [0.15, 0.2) is 5.41 Å². The second-order valence-corrected chi connectivity index (χ2v) is 6.44. The van der Waals surface area contributed by atoms with Crippen molar-refractivity contribution in [3.8, 4) is 0 Å². The molecule has 0 spiro atoms. The Kier molecular flexibility index (Phi) is 3.62. The van der Waals surface area contributed by atoms with E-state index in [4.69, 9.17) is 0 Å². The summed E-state index contributed by atoms with van der Waals surface area (Å²) in [5.41, 5.74) is 0.183. The molecular weight excluding hydrogens is 328 g/mol. The number of carbonyl (C=O) groups is 2. The van der Waals surface area contributed by atoms with Crippen molar-refractivity contribution in [1.82, 2.24) is 0 Å². The monoisotopic (exact) mass is 344 g/mol. The van der Waals surface area contributed by atoms with Crippen LogP contribution < -0.4 is 0 Å². The van der Waals surface area contributed by atoms with Crippen LogP contribution in [0.4, 0.5) is 0 Å². The van der Waals surface area contributed by atoms with Crippen LogP contribution >= 0.6 is 0 Å². The summed E-state index contributed by atoms with van der Waals surface area (Å²) in [6.45, 7) is 0. The third-order valence-corrected chi connectivity index (χ3v) is 5.13. The summed E-state index contributed by atoms with van der Waals surface area (Å²) in [6.07, 6.45) is 2.91. The van der Waals surface area contributed by atoms with Gasteiger partial charge in [-0.25, -0.2) is 0 Å². The largest absolute Gasteiger partial charge is 0.480 e. The minimum atomic E-state index is -2.06. The molecule has 1 aliphatic rings. The molecule has 0 saturated heterocycles. The van der Waals surface area contributed by atoms with Gasteiger partial charge in [-0.1, -0.05) is 78.9 Å². The van der Waals surface area contributed by atoms with Crippen LogP contribution in [0.3, 0.4) is 0 Å². The van der Waals surface area contributed by atoms with Crippen LogP contribution in [0.2, 0.25) is 0 Å². The number of hydrogen-bond donors (Lipinski definition) is 2. The second-order valence-electron chi connectivity index (χ2n) is 6.44. The van der Waals surface area contributed by atoms with E-state index in [1.54, 1.807) is 6.08 Å².